The Hall–Kier alpha value is -0.860. The number of benzene rings is 1. The van der Waals surface area contributed by atoms with Gasteiger partial charge in [0.15, 0.2) is 0 Å². The van der Waals surface area contributed by atoms with E-state index in [1.807, 2.05) is 6.07 Å². The molecule has 0 unspecified atom stereocenters. The molecular weight excluding hydrogens is 200 g/mol. The molecule has 1 aromatic carbocycles. The standard InChI is InChI=1S/C7H5ClO.C4H8O/c8-7(9)6-4-2-1-3-5-6;1-2-4-5-3-1/h1-5H;1-4H2. The first-order valence-corrected chi connectivity index (χ1v) is 5.01. The lowest BCUT2D eigenvalue weighted by molar-refractivity contribution is 0.108. The third kappa shape index (κ3) is 4.40. The molecule has 14 heavy (non-hydrogen) atoms. The zero-order chi connectivity index (χ0) is 10.2. The molecule has 0 spiro atoms. The van der Waals surface area contributed by atoms with Gasteiger partial charge in [-0.15, -0.1) is 0 Å². The van der Waals surface area contributed by atoms with Crippen LogP contribution >= 0.6 is 11.6 Å². The van der Waals surface area contributed by atoms with Crippen molar-refractivity contribution in [3.8, 4) is 0 Å². The van der Waals surface area contributed by atoms with E-state index in [4.69, 9.17) is 16.3 Å². The molecule has 0 N–H and O–H groups in total. The summed E-state index contributed by atoms with van der Waals surface area (Å²) in [6.45, 7) is 2.00. The fraction of sp³-hybridized carbons (Fsp3) is 0.364. The summed E-state index contributed by atoms with van der Waals surface area (Å²) in [6, 6.07) is 8.74. The van der Waals surface area contributed by atoms with E-state index in [-0.39, 0.29) is 0 Å². The van der Waals surface area contributed by atoms with Crippen LogP contribution in [0.15, 0.2) is 30.3 Å². The maximum Gasteiger partial charge on any atom is 0.252 e. The highest BCUT2D eigenvalue weighted by atomic mass is 35.5. The predicted octanol–water partition coefficient (Wildman–Crippen LogP) is 2.86. The zero-order valence-electron chi connectivity index (χ0n) is 7.91. The van der Waals surface area contributed by atoms with Gasteiger partial charge in [-0.25, -0.2) is 0 Å². The molecular formula is C11H13ClO2. The summed E-state index contributed by atoms with van der Waals surface area (Å²) < 4.78 is 4.94. The Kier molecular flexibility index (Phi) is 5.27. The Morgan fingerprint density at radius 3 is 2.00 bits per heavy atom. The maximum absolute atomic E-state index is 10.4. The van der Waals surface area contributed by atoms with Crippen molar-refractivity contribution < 1.29 is 9.53 Å². The van der Waals surface area contributed by atoms with Gasteiger partial charge in [0.05, 0.1) is 0 Å². The van der Waals surface area contributed by atoms with Crippen molar-refractivity contribution >= 4 is 16.8 Å². The Morgan fingerprint density at radius 2 is 1.71 bits per heavy atom. The largest absolute Gasteiger partial charge is 0.381 e. The molecule has 3 heteroatoms. The lowest BCUT2D eigenvalue weighted by Crippen LogP contribution is -1.84. The molecule has 0 aromatic heterocycles. The van der Waals surface area contributed by atoms with Gasteiger partial charge in [0, 0.05) is 18.8 Å². The van der Waals surface area contributed by atoms with Gasteiger partial charge in [0.1, 0.15) is 0 Å². The van der Waals surface area contributed by atoms with Crippen molar-refractivity contribution in [3.63, 3.8) is 0 Å². The lowest BCUT2D eigenvalue weighted by Gasteiger charge is -1.87. The van der Waals surface area contributed by atoms with Crippen molar-refractivity contribution in [1.82, 2.24) is 0 Å². The molecule has 0 radical (unpaired) electrons. The van der Waals surface area contributed by atoms with Crippen LogP contribution in [0.3, 0.4) is 0 Å². The Labute approximate surface area is 88.8 Å². The summed E-state index contributed by atoms with van der Waals surface area (Å²) in [5.74, 6) is 0. The molecule has 2 nitrogen and oxygen atoms in total. The molecule has 1 saturated heterocycles. The van der Waals surface area contributed by atoms with Crippen LogP contribution in [0.4, 0.5) is 0 Å². The molecule has 2 rings (SSSR count). The topological polar surface area (TPSA) is 26.3 Å². The molecule has 0 aliphatic carbocycles. The molecule has 0 atom stereocenters. The molecule has 1 aliphatic heterocycles. The van der Waals surface area contributed by atoms with Crippen molar-refractivity contribution in [3.05, 3.63) is 35.9 Å². The number of carbonyl (C=O) groups is 1. The van der Waals surface area contributed by atoms with Crippen LogP contribution < -0.4 is 0 Å². The van der Waals surface area contributed by atoms with Gasteiger partial charge in [0.25, 0.3) is 5.24 Å². The SMILES string of the molecule is C1CCOC1.O=C(Cl)c1ccccc1. The van der Waals surface area contributed by atoms with Crippen LogP contribution in [-0.4, -0.2) is 18.5 Å². The minimum absolute atomic E-state index is 0.407. The van der Waals surface area contributed by atoms with E-state index in [0.717, 1.165) is 13.2 Å². The van der Waals surface area contributed by atoms with E-state index in [1.54, 1.807) is 24.3 Å². The lowest BCUT2D eigenvalue weighted by atomic mass is 10.2. The van der Waals surface area contributed by atoms with E-state index >= 15 is 0 Å². The van der Waals surface area contributed by atoms with Crippen LogP contribution in [0.25, 0.3) is 0 Å². The van der Waals surface area contributed by atoms with Crippen molar-refractivity contribution in [2.75, 3.05) is 13.2 Å². The van der Waals surface area contributed by atoms with Gasteiger partial charge in [-0.3, -0.25) is 4.79 Å². The van der Waals surface area contributed by atoms with Gasteiger partial charge < -0.3 is 4.74 Å². The monoisotopic (exact) mass is 212 g/mol. The highest BCUT2D eigenvalue weighted by molar-refractivity contribution is 6.67. The van der Waals surface area contributed by atoms with Crippen molar-refractivity contribution in [2.45, 2.75) is 12.8 Å². The molecule has 76 valence electrons. The van der Waals surface area contributed by atoms with Gasteiger partial charge in [-0.1, -0.05) is 30.3 Å². The Morgan fingerprint density at radius 1 is 1.14 bits per heavy atom. The molecule has 1 aromatic rings. The van der Waals surface area contributed by atoms with E-state index in [9.17, 15) is 4.79 Å². The summed E-state index contributed by atoms with van der Waals surface area (Å²) in [5.41, 5.74) is 0.541. The van der Waals surface area contributed by atoms with Gasteiger partial charge in [0.2, 0.25) is 0 Å². The number of carbonyl (C=O) groups excluding carboxylic acids is 1. The summed E-state index contributed by atoms with van der Waals surface area (Å²) in [6.07, 6.45) is 2.56. The fourth-order valence-corrected chi connectivity index (χ4v) is 1.21. The van der Waals surface area contributed by atoms with E-state index < -0.39 is 5.24 Å². The van der Waals surface area contributed by atoms with E-state index in [1.165, 1.54) is 12.8 Å². The summed E-state index contributed by atoms with van der Waals surface area (Å²) >= 11 is 5.16. The van der Waals surface area contributed by atoms with Crippen LogP contribution in [0, 0.1) is 0 Å². The zero-order valence-corrected chi connectivity index (χ0v) is 8.67. The van der Waals surface area contributed by atoms with Gasteiger partial charge in [-0.2, -0.15) is 0 Å². The number of halogens is 1. The first-order chi connectivity index (χ1) is 6.80. The van der Waals surface area contributed by atoms with Gasteiger partial charge >= 0.3 is 0 Å². The first-order valence-electron chi connectivity index (χ1n) is 4.63. The third-order valence-corrected chi connectivity index (χ3v) is 2.05. The second kappa shape index (κ2) is 6.57. The predicted molar refractivity (Wildman–Crippen MR) is 56.7 cm³/mol. The number of rotatable bonds is 1. The first kappa shape index (κ1) is 11.2. The Balaban J connectivity index is 0.000000165. The second-order valence-corrected chi connectivity index (χ2v) is 3.30. The average molecular weight is 213 g/mol. The molecule has 0 bridgehead atoms. The van der Waals surface area contributed by atoms with E-state index in [0.29, 0.717) is 5.56 Å². The molecule has 1 fully saturated rings. The van der Waals surface area contributed by atoms with Crippen LogP contribution in [0.5, 0.6) is 0 Å². The van der Waals surface area contributed by atoms with Crippen molar-refractivity contribution in [1.29, 1.82) is 0 Å². The minimum atomic E-state index is -0.407. The van der Waals surface area contributed by atoms with Crippen molar-refractivity contribution in [2.24, 2.45) is 0 Å². The smallest absolute Gasteiger partial charge is 0.252 e. The fourth-order valence-electron chi connectivity index (χ4n) is 1.08. The van der Waals surface area contributed by atoms with Gasteiger partial charge in [-0.05, 0) is 24.4 Å². The summed E-state index contributed by atoms with van der Waals surface area (Å²) in [7, 11) is 0. The molecule has 0 saturated carbocycles. The molecule has 0 amide bonds. The second-order valence-electron chi connectivity index (χ2n) is 2.96. The Bertz CT molecular complexity index is 260. The molecule has 1 heterocycles. The number of hydrogen-bond donors (Lipinski definition) is 0. The van der Waals surface area contributed by atoms with E-state index in [2.05, 4.69) is 0 Å². The van der Waals surface area contributed by atoms with Crippen LogP contribution in [0.2, 0.25) is 0 Å². The average Bonchev–Trinajstić information content (AvgIpc) is 2.77. The summed E-state index contributed by atoms with van der Waals surface area (Å²) in [4.78, 5) is 10.4. The summed E-state index contributed by atoms with van der Waals surface area (Å²) in [5, 5.41) is -0.407. The highest BCUT2D eigenvalue weighted by Gasteiger charge is 1.96. The minimum Gasteiger partial charge on any atom is -0.381 e. The number of hydrogen-bond acceptors (Lipinski definition) is 2. The maximum atomic E-state index is 10.4. The molecule has 1 aliphatic rings. The normalized spacial score (nSPS) is 14.4. The quantitative estimate of drug-likeness (QED) is 0.670. The van der Waals surface area contributed by atoms with Crippen LogP contribution in [0.1, 0.15) is 23.2 Å². The van der Waals surface area contributed by atoms with Crippen LogP contribution in [-0.2, 0) is 4.74 Å². The highest BCUT2D eigenvalue weighted by Crippen LogP contribution is 2.01. The third-order valence-electron chi connectivity index (χ3n) is 1.83. The number of ether oxygens (including phenoxy) is 1.